The van der Waals surface area contributed by atoms with Gasteiger partial charge in [-0.2, -0.15) is 0 Å². The molecule has 0 bridgehead atoms. The Labute approximate surface area is 108 Å². The van der Waals surface area contributed by atoms with Gasteiger partial charge < -0.3 is 15.7 Å². The third kappa shape index (κ3) is 4.94. The predicted octanol–water partition coefficient (Wildman–Crippen LogP) is 1.98. The lowest BCUT2D eigenvalue weighted by Crippen LogP contribution is -2.45. The van der Waals surface area contributed by atoms with Crippen molar-refractivity contribution < 1.29 is 14.7 Å². The minimum absolute atomic E-state index is 0.0116. The first-order valence-electron chi connectivity index (χ1n) is 6.78. The van der Waals surface area contributed by atoms with E-state index in [-0.39, 0.29) is 24.5 Å². The second kappa shape index (κ2) is 7.24. The van der Waals surface area contributed by atoms with Gasteiger partial charge in [0.25, 0.3) is 0 Å². The van der Waals surface area contributed by atoms with Gasteiger partial charge in [0, 0.05) is 12.6 Å². The minimum Gasteiger partial charge on any atom is -0.481 e. The second-order valence-electron chi connectivity index (χ2n) is 5.38. The molecule has 5 nitrogen and oxygen atoms in total. The molecule has 1 rings (SSSR count). The average molecular weight is 256 g/mol. The van der Waals surface area contributed by atoms with Gasteiger partial charge in [-0.1, -0.05) is 33.1 Å². The summed E-state index contributed by atoms with van der Waals surface area (Å²) in [5, 5.41) is 14.6. The summed E-state index contributed by atoms with van der Waals surface area (Å²) >= 11 is 0. The van der Waals surface area contributed by atoms with Gasteiger partial charge >= 0.3 is 12.0 Å². The molecule has 0 saturated heterocycles. The van der Waals surface area contributed by atoms with Gasteiger partial charge in [0.15, 0.2) is 0 Å². The Morgan fingerprint density at radius 1 is 1.22 bits per heavy atom. The van der Waals surface area contributed by atoms with E-state index in [0.29, 0.717) is 0 Å². The highest BCUT2D eigenvalue weighted by Crippen LogP contribution is 2.17. The number of rotatable bonds is 5. The van der Waals surface area contributed by atoms with Crippen LogP contribution in [0.1, 0.15) is 46.0 Å². The maximum atomic E-state index is 11.6. The molecule has 2 amide bonds. The average Bonchev–Trinajstić information content (AvgIpc) is 2.29. The Bertz CT molecular complexity index is 286. The first-order valence-corrected chi connectivity index (χ1v) is 6.78. The van der Waals surface area contributed by atoms with Crippen LogP contribution >= 0.6 is 0 Å². The molecular formula is C13H24N2O3. The largest absolute Gasteiger partial charge is 0.481 e. The molecular weight excluding hydrogens is 232 g/mol. The van der Waals surface area contributed by atoms with Gasteiger partial charge in [-0.15, -0.1) is 0 Å². The van der Waals surface area contributed by atoms with E-state index in [4.69, 9.17) is 5.11 Å². The number of nitrogens with one attached hydrogen (secondary N) is 2. The Morgan fingerprint density at radius 3 is 2.33 bits per heavy atom. The van der Waals surface area contributed by atoms with Crippen LogP contribution in [-0.4, -0.2) is 29.7 Å². The fraction of sp³-hybridized carbons (Fsp3) is 0.846. The highest BCUT2D eigenvalue weighted by atomic mass is 16.4. The second-order valence-corrected chi connectivity index (χ2v) is 5.38. The van der Waals surface area contributed by atoms with Gasteiger partial charge in [0.05, 0.1) is 5.92 Å². The van der Waals surface area contributed by atoms with Crippen LogP contribution in [0.4, 0.5) is 4.79 Å². The molecule has 104 valence electrons. The molecule has 0 radical (unpaired) electrons. The van der Waals surface area contributed by atoms with Crippen LogP contribution < -0.4 is 10.6 Å². The van der Waals surface area contributed by atoms with Gasteiger partial charge in [-0.05, 0) is 18.8 Å². The van der Waals surface area contributed by atoms with Crippen molar-refractivity contribution in [1.82, 2.24) is 10.6 Å². The van der Waals surface area contributed by atoms with E-state index in [0.717, 1.165) is 25.7 Å². The number of amides is 2. The molecule has 3 N–H and O–H groups in total. The first-order chi connectivity index (χ1) is 8.50. The Morgan fingerprint density at radius 2 is 1.83 bits per heavy atom. The van der Waals surface area contributed by atoms with Gasteiger partial charge in [0.1, 0.15) is 0 Å². The van der Waals surface area contributed by atoms with Crippen molar-refractivity contribution >= 4 is 12.0 Å². The van der Waals surface area contributed by atoms with Crippen LogP contribution in [0.5, 0.6) is 0 Å². The number of carboxylic acid groups (broad SMARTS) is 1. The topological polar surface area (TPSA) is 78.4 Å². The maximum Gasteiger partial charge on any atom is 0.315 e. The van der Waals surface area contributed by atoms with E-state index >= 15 is 0 Å². The molecule has 0 aromatic carbocycles. The number of urea groups is 1. The molecule has 1 saturated carbocycles. The quantitative estimate of drug-likeness (QED) is 0.703. The summed E-state index contributed by atoms with van der Waals surface area (Å²) in [5.74, 6) is -1.37. The fourth-order valence-electron chi connectivity index (χ4n) is 2.29. The number of hydrogen-bond acceptors (Lipinski definition) is 2. The summed E-state index contributed by atoms with van der Waals surface area (Å²) in [5.41, 5.74) is 0. The smallest absolute Gasteiger partial charge is 0.315 e. The highest BCUT2D eigenvalue weighted by Gasteiger charge is 2.22. The van der Waals surface area contributed by atoms with E-state index in [1.165, 1.54) is 6.42 Å². The van der Waals surface area contributed by atoms with E-state index in [9.17, 15) is 9.59 Å². The van der Waals surface area contributed by atoms with Crippen molar-refractivity contribution in [3.05, 3.63) is 0 Å². The van der Waals surface area contributed by atoms with Gasteiger partial charge in [-0.3, -0.25) is 4.79 Å². The molecule has 1 atom stereocenters. The fourth-order valence-corrected chi connectivity index (χ4v) is 2.29. The van der Waals surface area contributed by atoms with Crippen LogP contribution in [0.2, 0.25) is 0 Å². The normalized spacial score (nSPS) is 18.4. The lowest BCUT2D eigenvalue weighted by Gasteiger charge is -2.23. The third-order valence-electron chi connectivity index (χ3n) is 3.54. The number of carbonyl (C=O) groups excluding carboxylic acids is 1. The molecule has 1 unspecified atom stereocenters. The predicted molar refractivity (Wildman–Crippen MR) is 69.4 cm³/mol. The Hall–Kier alpha value is -1.26. The van der Waals surface area contributed by atoms with E-state index < -0.39 is 11.9 Å². The van der Waals surface area contributed by atoms with E-state index in [1.807, 2.05) is 13.8 Å². The number of hydrogen-bond donors (Lipinski definition) is 3. The molecule has 0 spiro atoms. The SMILES string of the molecule is CC(C)C(CNC(=O)NC1CCCCC1)C(=O)O. The zero-order chi connectivity index (χ0) is 13.5. The van der Waals surface area contributed by atoms with Crippen molar-refractivity contribution in [1.29, 1.82) is 0 Å². The van der Waals surface area contributed by atoms with E-state index in [2.05, 4.69) is 10.6 Å². The zero-order valence-corrected chi connectivity index (χ0v) is 11.2. The molecule has 0 aromatic rings. The standard InChI is InChI=1S/C13H24N2O3/c1-9(2)11(12(16)17)8-14-13(18)15-10-6-4-3-5-7-10/h9-11H,3-8H2,1-2H3,(H,16,17)(H2,14,15,18). The summed E-state index contributed by atoms with van der Waals surface area (Å²) in [7, 11) is 0. The number of carboxylic acids is 1. The Balaban J connectivity index is 2.28. The lowest BCUT2D eigenvalue weighted by atomic mass is 9.95. The van der Waals surface area contributed by atoms with Crippen molar-refractivity contribution in [3.63, 3.8) is 0 Å². The third-order valence-corrected chi connectivity index (χ3v) is 3.54. The van der Waals surface area contributed by atoms with Crippen LogP contribution in [-0.2, 0) is 4.79 Å². The van der Waals surface area contributed by atoms with E-state index in [1.54, 1.807) is 0 Å². The molecule has 0 aliphatic heterocycles. The summed E-state index contributed by atoms with van der Waals surface area (Å²) < 4.78 is 0. The lowest BCUT2D eigenvalue weighted by molar-refractivity contribution is -0.142. The monoisotopic (exact) mass is 256 g/mol. The summed E-state index contributed by atoms with van der Waals surface area (Å²) in [6.45, 7) is 3.88. The molecule has 1 aliphatic rings. The summed E-state index contributed by atoms with van der Waals surface area (Å²) in [4.78, 5) is 22.6. The van der Waals surface area contributed by atoms with Gasteiger partial charge in [-0.25, -0.2) is 4.79 Å². The molecule has 1 fully saturated rings. The summed E-state index contributed by atoms with van der Waals surface area (Å²) in [6, 6.07) is 0.00915. The molecule has 1 aliphatic carbocycles. The number of carbonyl (C=O) groups is 2. The van der Waals surface area contributed by atoms with Crippen LogP contribution in [0.3, 0.4) is 0 Å². The maximum absolute atomic E-state index is 11.6. The van der Waals surface area contributed by atoms with Crippen molar-refractivity contribution in [2.45, 2.75) is 52.0 Å². The number of aliphatic carboxylic acids is 1. The minimum atomic E-state index is -0.858. The van der Waals surface area contributed by atoms with Crippen molar-refractivity contribution in [2.24, 2.45) is 11.8 Å². The molecule has 0 aromatic heterocycles. The summed E-state index contributed by atoms with van der Waals surface area (Å²) in [6.07, 6.45) is 5.62. The van der Waals surface area contributed by atoms with Crippen LogP contribution in [0, 0.1) is 11.8 Å². The van der Waals surface area contributed by atoms with Crippen molar-refractivity contribution in [3.8, 4) is 0 Å². The van der Waals surface area contributed by atoms with Crippen LogP contribution in [0.25, 0.3) is 0 Å². The van der Waals surface area contributed by atoms with Crippen molar-refractivity contribution in [2.75, 3.05) is 6.54 Å². The molecule has 18 heavy (non-hydrogen) atoms. The Kier molecular flexibility index (Phi) is 5.95. The highest BCUT2D eigenvalue weighted by molar-refractivity contribution is 5.76. The van der Waals surface area contributed by atoms with Gasteiger partial charge in [0.2, 0.25) is 0 Å². The molecule has 5 heteroatoms. The van der Waals surface area contributed by atoms with Crippen LogP contribution in [0.15, 0.2) is 0 Å². The first kappa shape index (κ1) is 14.8. The zero-order valence-electron chi connectivity index (χ0n) is 11.2. The molecule has 0 heterocycles.